The molecule has 0 aliphatic heterocycles. The monoisotopic (exact) mass is 242 g/mol. The van der Waals surface area contributed by atoms with E-state index in [9.17, 15) is 14.3 Å². The lowest BCUT2D eigenvalue weighted by Crippen LogP contribution is -2.09. The average Bonchev–Trinajstić information content (AvgIpc) is 2.30. The van der Waals surface area contributed by atoms with Crippen LogP contribution in [0, 0.1) is 0 Å². The fraction of sp³-hybridized carbons (Fsp3) is 0.182. The minimum absolute atomic E-state index is 0.216. The van der Waals surface area contributed by atoms with Gasteiger partial charge >= 0.3 is 5.97 Å². The highest BCUT2D eigenvalue weighted by atomic mass is 31.2. The third-order valence-electron chi connectivity index (χ3n) is 1.79. The number of carboxylic acid groups (broad SMARTS) is 1. The molecule has 4 nitrogen and oxygen atoms in total. The summed E-state index contributed by atoms with van der Waals surface area (Å²) >= 11 is 0. The van der Waals surface area contributed by atoms with Crippen LogP contribution in [-0.4, -0.2) is 22.1 Å². The fourth-order valence-electron chi connectivity index (χ4n) is 1.04. The van der Waals surface area contributed by atoms with Crippen molar-refractivity contribution in [2.75, 3.05) is 6.16 Å². The number of aliphatic carboxylic acids is 1. The maximum absolute atomic E-state index is 11.6. The van der Waals surface area contributed by atoms with Crippen LogP contribution in [0.25, 0.3) is 0 Å². The van der Waals surface area contributed by atoms with E-state index in [1.165, 1.54) is 12.1 Å². The van der Waals surface area contributed by atoms with E-state index in [1.54, 1.807) is 18.2 Å². The molecule has 1 unspecified atom stereocenters. The molecule has 5 heteroatoms. The van der Waals surface area contributed by atoms with Crippen molar-refractivity contribution in [2.24, 2.45) is 0 Å². The smallest absolute Gasteiger partial charge is 0.303 e. The maximum atomic E-state index is 11.6. The first-order valence-corrected chi connectivity index (χ1v) is 6.46. The highest BCUT2D eigenvalue weighted by molar-refractivity contribution is 7.66. The molecule has 0 fully saturated rings. The Morgan fingerprint density at radius 3 is 2.19 bits per heavy atom. The summed E-state index contributed by atoms with van der Waals surface area (Å²) in [4.78, 5) is 19.8. The standard InChI is InChI=1S/C9H11O4P.C2H4/c10-9(11)6-7-14(12,13)8-4-2-1-3-5-8;1-2/h1-5H,6-7H2,(H,10,11)(H,12,13);1-2H2. The molecule has 0 aliphatic carbocycles. The van der Waals surface area contributed by atoms with Crippen LogP contribution in [0.2, 0.25) is 0 Å². The third-order valence-corrected chi connectivity index (χ3v) is 3.72. The topological polar surface area (TPSA) is 74.6 Å². The molecule has 1 atom stereocenters. The Morgan fingerprint density at radius 2 is 1.75 bits per heavy atom. The second-order valence-electron chi connectivity index (χ2n) is 2.90. The lowest BCUT2D eigenvalue weighted by Gasteiger charge is -2.09. The minimum atomic E-state index is -3.48. The lowest BCUT2D eigenvalue weighted by atomic mass is 10.4. The fourth-order valence-corrected chi connectivity index (χ4v) is 2.43. The summed E-state index contributed by atoms with van der Waals surface area (Å²) in [6, 6.07) is 8.10. The molecule has 2 N–H and O–H groups in total. The summed E-state index contributed by atoms with van der Waals surface area (Å²) in [6.45, 7) is 6.00. The molecule has 88 valence electrons. The van der Waals surface area contributed by atoms with Crippen LogP contribution in [0.3, 0.4) is 0 Å². The van der Waals surface area contributed by atoms with Crippen LogP contribution in [0.1, 0.15) is 6.42 Å². The summed E-state index contributed by atoms with van der Waals surface area (Å²) < 4.78 is 11.6. The van der Waals surface area contributed by atoms with E-state index in [0.717, 1.165) is 0 Å². The van der Waals surface area contributed by atoms with E-state index in [-0.39, 0.29) is 12.6 Å². The zero-order valence-electron chi connectivity index (χ0n) is 8.87. The van der Waals surface area contributed by atoms with E-state index in [1.807, 2.05) is 0 Å². The van der Waals surface area contributed by atoms with Crippen molar-refractivity contribution in [1.82, 2.24) is 0 Å². The summed E-state index contributed by atoms with van der Waals surface area (Å²) in [5, 5.41) is 8.70. The molecule has 0 bridgehead atoms. The second kappa shape index (κ2) is 6.99. The summed E-state index contributed by atoms with van der Waals surface area (Å²) in [5.74, 6) is -1.06. The molecule has 0 amide bonds. The second-order valence-corrected chi connectivity index (χ2v) is 5.27. The van der Waals surface area contributed by atoms with Gasteiger partial charge in [-0.15, -0.1) is 13.2 Å². The molecule has 0 radical (unpaired) electrons. The van der Waals surface area contributed by atoms with Gasteiger partial charge in [-0.2, -0.15) is 0 Å². The van der Waals surface area contributed by atoms with E-state index in [4.69, 9.17) is 5.11 Å². The Labute approximate surface area is 94.7 Å². The van der Waals surface area contributed by atoms with Crippen molar-refractivity contribution in [1.29, 1.82) is 0 Å². The molecular weight excluding hydrogens is 227 g/mol. The van der Waals surface area contributed by atoms with Crippen LogP contribution < -0.4 is 5.30 Å². The van der Waals surface area contributed by atoms with Crippen LogP contribution in [0.4, 0.5) is 0 Å². The largest absolute Gasteiger partial charge is 0.481 e. The Kier molecular flexibility index (Phi) is 6.38. The molecule has 0 heterocycles. The third kappa shape index (κ3) is 4.91. The number of carboxylic acids is 1. The SMILES string of the molecule is C=C.O=C(O)CCP(=O)(O)c1ccccc1. The van der Waals surface area contributed by atoms with Crippen LogP contribution in [0.15, 0.2) is 43.5 Å². The van der Waals surface area contributed by atoms with Crippen molar-refractivity contribution < 1.29 is 19.4 Å². The van der Waals surface area contributed by atoms with Crippen LogP contribution in [0.5, 0.6) is 0 Å². The first kappa shape index (κ1) is 14.6. The van der Waals surface area contributed by atoms with Gasteiger partial charge in [-0.3, -0.25) is 9.36 Å². The Balaban J connectivity index is 0.00000106. The highest BCUT2D eigenvalue weighted by Crippen LogP contribution is 2.39. The molecule has 0 spiro atoms. The summed E-state index contributed by atoms with van der Waals surface area (Å²) in [6.07, 6.45) is -0.505. The van der Waals surface area contributed by atoms with Crippen molar-refractivity contribution in [2.45, 2.75) is 6.42 Å². The number of rotatable bonds is 4. The predicted octanol–water partition coefficient (Wildman–Crippen LogP) is 1.86. The minimum Gasteiger partial charge on any atom is -0.481 e. The molecule has 0 aliphatic rings. The van der Waals surface area contributed by atoms with Crippen LogP contribution in [-0.2, 0) is 9.36 Å². The van der Waals surface area contributed by atoms with Crippen LogP contribution >= 0.6 is 7.37 Å². The number of hydrogen-bond donors (Lipinski definition) is 2. The maximum Gasteiger partial charge on any atom is 0.303 e. The van der Waals surface area contributed by atoms with Gasteiger partial charge in [0, 0.05) is 11.5 Å². The first-order chi connectivity index (χ1) is 7.52. The molecule has 0 aromatic heterocycles. The molecule has 0 saturated carbocycles. The number of benzene rings is 1. The Morgan fingerprint density at radius 1 is 1.25 bits per heavy atom. The van der Waals surface area contributed by atoms with Gasteiger partial charge in [0.05, 0.1) is 6.42 Å². The van der Waals surface area contributed by atoms with E-state index < -0.39 is 13.3 Å². The van der Waals surface area contributed by atoms with E-state index in [2.05, 4.69) is 13.2 Å². The van der Waals surface area contributed by atoms with Crippen molar-refractivity contribution in [3.8, 4) is 0 Å². The van der Waals surface area contributed by atoms with Gasteiger partial charge in [0.25, 0.3) is 0 Å². The van der Waals surface area contributed by atoms with Gasteiger partial charge in [0.15, 0.2) is 0 Å². The molecule has 0 saturated heterocycles. The molecule has 16 heavy (non-hydrogen) atoms. The number of hydrogen-bond acceptors (Lipinski definition) is 2. The molecule has 1 rings (SSSR count). The van der Waals surface area contributed by atoms with Gasteiger partial charge in [0.1, 0.15) is 0 Å². The molecule has 1 aromatic rings. The predicted molar refractivity (Wildman–Crippen MR) is 64.3 cm³/mol. The Hall–Kier alpha value is -1.38. The zero-order valence-corrected chi connectivity index (χ0v) is 9.77. The zero-order chi connectivity index (χ0) is 12.6. The number of carbonyl (C=O) groups is 1. The normalized spacial score (nSPS) is 13.1. The van der Waals surface area contributed by atoms with Gasteiger partial charge < -0.3 is 10.00 Å². The quantitative estimate of drug-likeness (QED) is 0.624. The van der Waals surface area contributed by atoms with Crippen molar-refractivity contribution in [3.63, 3.8) is 0 Å². The van der Waals surface area contributed by atoms with E-state index >= 15 is 0 Å². The van der Waals surface area contributed by atoms with E-state index in [0.29, 0.717) is 5.30 Å². The van der Waals surface area contributed by atoms with Crippen molar-refractivity contribution in [3.05, 3.63) is 43.5 Å². The first-order valence-electron chi connectivity index (χ1n) is 4.61. The highest BCUT2D eigenvalue weighted by Gasteiger charge is 2.21. The van der Waals surface area contributed by atoms with Gasteiger partial charge in [0.2, 0.25) is 7.37 Å². The summed E-state index contributed by atoms with van der Waals surface area (Å²) in [5.41, 5.74) is 0. The van der Waals surface area contributed by atoms with Gasteiger partial charge in [-0.1, -0.05) is 18.2 Å². The molecule has 1 aromatic carbocycles. The van der Waals surface area contributed by atoms with Crippen molar-refractivity contribution >= 4 is 18.6 Å². The Bertz CT molecular complexity index is 375. The average molecular weight is 242 g/mol. The lowest BCUT2D eigenvalue weighted by molar-refractivity contribution is -0.136. The summed E-state index contributed by atoms with van der Waals surface area (Å²) in [7, 11) is -3.48. The van der Waals surface area contributed by atoms with Gasteiger partial charge in [-0.25, -0.2) is 0 Å². The van der Waals surface area contributed by atoms with Gasteiger partial charge in [-0.05, 0) is 12.1 Å². The molecular formula is C11H15O4P.